The Labute approximate surface area is 164 Å². The van der Waals surface area contributed by atoms with Crippen molar-refractivity contribution in [2.45, 2.75) is 25.8 Å². The largest absolute Gasteiger partial charge is 0.394 e. The lowest BCUT2D eigenvalue weighted by molar-refractivity contribution is -0.122. The van der Waals surface area contributed by atoms with Crippen LogP contribution in [0.2, 0.25) is 5.02 Å². The number of aliphatic hydroxyl groups is 1. The lowest BCUT2D eigenvalue weighted by atomic mass is 10.1. The maximum absolute atomic E-state index is 12.0. The van der Waals surface area contributed by atoms with E-state index in [1.165, 1.54) is 6.08 Å². The van der Waals surface area contributed by atoms with Gasteiger partial charge in [0.15, 0.2) is 0 Å². The molecule has 2 amide bonds. The number of halogens is 1. The molecule has 2 aromatic carbocycles. The third-order valence-corrected chi connectivity index (χ3v) is 4.12. The molecule has 0 fully saturated rings. The number of hydrogen-bond donors (Lipinski definition) is 3. The fourth-order valence-electron chi connectivity index (χ4n) is 2.31. The Morgan fingerprint density at radius 3 is 2.41 bits per heavy atom. The SMILES string of the molecule is CC(C)(CO)NC(=O)Cc1ccc(NC(=O)C=Cc2ccccc2Cl)cc1. The minimum Gasteiger partial charge on any atom is -0.394 e. The molecule has 0 unspecified atom stereocenters. The minimum atomic E-state index is -0.654. The molecule has 2 rings (SSSR count). The van der Waals surface area contributed by atoms with Crippen LogP contribution in [0.1, 0.15) is 25.0 Å². The van der Waals surface area contributed by atoms with Crippen LogP contribution in [0, 0.1) is 0 Å². The third kappa shape index (κ3) is 6.89. The van der Waals surface area contributed by atoms with Crippen LogP contribution < -0.4 is 10.6 Å². The third-order valence-electron chi connectivity index (χ3n) is 3.78. The average molecular weight is 387 g/mol. The highest BCUT2D eigenvalue weighted by molar-refractivity contribution is 6.32. The normalized spacial score (nSPS) is 11.4. The molecule has 0 heterocycles. The van der Waals surface area contributed by atoms with Gasteiger partial charge in [-0.2, -0.15) is 0 Å². The second-order valence-corrected chi connectivity index (χ2v) is 7.22. The zero-order chi connectivity index (χ0) is 19.9. The Balaban J connectivity index is 1.90. The van der Waals surface area contributed by atoms with E-state index in [0.717, 1.165) is 11.1 Å². The van der Waals surface area contributed by atoms with Crippen molar-refractivity contribution in [1.29, 1.82) is 0 Å². The molecule has 27 heavy (non-hydrogen) atoms. The number of benzene rings is 2. The quantitative estimate of drug-likeness (QED) is 0.638. The second kappa shape index (κ2) is 9.35. The average Bonchev–Trinajstić information content (AvgIpc) is 2.62. The van der Waals surface area contributed by atoms with Gasteiger partial charge in [0.05, 0.1) is 18.6 Å². The number of carbonyl (C=O) groups excluding carboxylic acids is 2. The molecule has 6 heteroatoms. The van der Waals surface area contributed by atoms with Crippen LogP contribution in [-0.2, 0) is 16.0 Å². The van der Waals surface area contributed by atoms with Crippen molar-refractivity contribution in [2.75, 3.05) is 11.9 Å². The lowest BCUT2D eigenvalue weighted by Gasteiger charge is -2.23. The zero-order valence-electron chi connectivity index (χ0n) is 15.3. The van der Waals surface area contributed by atoms with E-state index in [-0.39, 0.29) is 24.8 Å². The summed E-state index contributed by atoms with van der Waals surface area (Å²) in [4.78, 5) is 24.0. The number of nitrogens with one attached hydrogen (secondary N) is 2. The molecule has 0 bridgehead atoms. The fraction of sp³-hybridized carbons (Fsp3) is 0.238. The molecule has 0 aromatic heterocycles. The molecular formula is C21H23ClN2O3. The standard InChI is InChI=1S/C21H23ClN2O3/c1-21(2,14-25)24-20(27)13-15-7-10-17(11-8-15)23-19(26)12-9-16-5-3-4-6-18(16)22/h3-12,25H,13-14H2,1-2H3,(H,23,26)(H,24,27). The van der Waals surface area contributed by atoms with Gasteiger partial charge in [-0.05, 0) is 49.2 Å². The fourth-order valence-corrected chi connectivity index (χ4v) is 2.51. The monoisotopic (exact) mass is 386 g/mol. The van der Waals surface area contributed by atoms with E-state index in [1.807, 2.05) is 18.2 Å². The molecule has 0 aliphatic rings. The number of carbonyl (C=O) groups is 2. The van der Waals surface area contributed by atoms with Crippen LogP contribution in [0.15, 0.2) is 54.6 Å². The van der Waals surface area contributed by atoms with E-state index >= 15 is 0 Å². The van der Waals surface area contributed by atoms with E-state index in [1.54, 1.807) is 50.3 Å². The van der Waals surface area contributed by atoms with Crippen molar-refractivity contribution in [2.24, 2.45) is 0 Å². The van der Waals surface area contributed by atoms with Gasteiger partial charge in [-0.25, -0.2) is 0 Å². The smallest absolute Gasteiger partial charge is 0.248 e. The van der Waals surface area contributed by atoms with Crippen LogP contribution in [-0.4, -0.2) is 29.1 Å². The highest BCUT2D eigenvalue weighted by Crippen LogP contribution is 2.16. The van der Waals surface area contributed by atoms with E-state index in [2.05, 4.69) is 10.6 Å². The summed E-state index contributed by atoms with van der Waals surface area (Å²) >= 11 is 6.05. The van der Waals surface area contributed by atoms with Crippen molar-refractivity contribution in [3.63, 3.8) is 0 Å². The topological polar surface area (TPSA) is 78.4 Å². The number of amides is 2. The first-order chi connectivity index (χ1) is 12.8. The number of rotatable bonds is 7. The molecule has 0 atom stereocenters. The summed E-state index contributed by atoms with van der Waals surface area (Å²) in [7, 11) is 0. The van der Waals surface area contributed by atoms with E-state index in [0.29, 0.717) is 10.7 Å². The Morgan fingerprint density at radius 2 is 1.78 bits per heavy atom. The van der Waals surface area contributed by atoms with Crippen molar-refractivity contribution < 1.29 is 14.7 Å². The van der Waals surface area contributed by atoms with Crippen molar-refractivity contribution in [1.82, 2.24) is 5.32 Å². The van der Waals surface area contributed by atoms with Gasteiger partial charge in [-0.3, -0.25) is 9.59 Å². The zero-order valence-corrected chi connectivity index (χ0v) is 16.1. The predicted molar refractivity (Wildman–Crippen MR) is 109 cm³/mol. The second-order valence-electron chi connectivity index (χ2n) is 6.81. The summed E-state index contributed by atoms with van der Waals surface area (Å²) in [6.45, 7) is 3.37. The van der Waals surface area contributed by atoms with Crippen LogP contribution in [0.25, 0.3) is 6.08 Å². The van der Waals surface area contributed by atoms with Crippen LogP contribution in [0.5, 0.6) is 0 Å². The van der Waals surface area contributed by atoms with Crippen molar-refractivity contribution >= 4 is 35.2 Å². The first-order valence-electron chi connectivity index (χ1n) is 8.53. The van der Waals surface area contributed by atoms with Gasteiger partial charge in [0.25, 0.3) is 0 Å². The molecule has 3 N–H and O–H groups in total. The van der Waals surface area contributed by atoms with Crippen LogP contribution in [0.4, 0.5) is 5.69 Å². The van der Waals surface area contributed by atoms with Gasteiger partial charge >= 0.3 is 0 Å². The van der Waals surface area contributed by atoms with E-state index < -0.39 is 5.54 Å². The molecule has 0 spiro atoms. The Morgan fingerprint density at radius 1 is 1.11 bits per heavy atom. The maximum atomic E-state index is 12.0. The molecular weight excluding hydrogens is 364 g/mol. The summed E-state index contributed by atoms with van der Waals surface area (Å²) in [5.74, 6) is -0.446. The summed E-state index contributed by atoms with van der Waals surface area (Å²) in [5, 5.41) is 15.3. The van der Waals surface area contributed by atoms with Gasteiger partial charge in [0.1, 0.15) is 0 Å². The molecule has 0 saturated heterocycles. The molecule has 0 radical (unpaired) electrons. The van der Waals surface area contributed by atoms with Crippen molar-refractivity contribution in [3.8, 4) is 0 Å². The van der Waals surface area contributed by atoms with Crippen LogP contribution in [0.3, 0.4) is 0 Å². The van der Waals surface area contributed by atoms with Gasteiger partial charge in [-0.1, -0.05) is 41.9 Å². The molecule has 142 valence electrons. The first-order valence-corrected chi connectivity index (χ1v) is 8.91. The summed E-state index contributed by atoms with van der Waals surface area (Å²) in [5.41, 5.74) is 1.55. The van der Waals surface area contributed by atoms with E-state index in [9.17, 15) is 14.7 Å². The van der Waals surface area contributed by atoms with Crippen LogP contribution >= 0.6 is 11.6 Å². The Kier molecular flexibility index (Phi) is 7.16. The molecule has 0 aliphatic carbocycles. The molecule has 0 saturated carbocycles. The molecule has 2 aromatic rings. The predicted octanol–water partition coefficient (Wildman–Crippen LogP) is 3.42. The number of anilines is 1. The van der Waals surface area contributed by atoms with Gasteiger partial charge < -0.3 is 15.7 Å². The maximum Gasteiger partial charge on any atom is 0.248 e. The van der Waals surface area contributed by atoms with Crippen molar-refractivity contribution in [3.05, 3.63) is 70.8 Å². The van der Waals surface area contributed by atoms with Gasteiger partial charge in [0.2, 0.25) is 11.8 Å². The number of aliphatic hydroxyl groups excluding tert-OH is 1. The summed E-state index contributed by atoms with van der Waals surface area (Å²) in [6, 6.07) is 14.3. The van der Waals surface area contributed by atoms with Gasteiger partial charge in [0, 0.05) is 16.8 Å². The highest BCUT2D eigenvalue weighted by atomic mass is 35.5. The lowest BCUT2D eigenvalue weighted by Crippen LogP contribution is -2.46. The molecule has 0 aliphatic heterocycles. The Hall–Kier alpha value is -2.63. The van der Waals surface area contributed by atoms with E-state index in [4.69, 9.17) is 11.6 Å². The summed E-state index contributed by atoms with van der Waals surface area (Å²) in [6.07, 6.45) is 3.27. The number of hydrogen-bond acceptors (Lipinski definition) is 3. The first kappa shape index (κ1) is 20.7. The van der Waals surface area contributed by atoms with Gasteiger partial charge in [-0.15, -0.1) is 0 Å². The molecule has 5 nitrogen and oxygen atoms in total. The summed E-state index contributed by atoms with van der Waals surface area (Å²) < 4.78 is 0. The highest BCUT2D eigenvalue weighted by Gasteiger charge is 2.18. The minimum absolute atomic E-state index is 0.134. The Bertz CT molecular complexity index is 830.